The van der Waals surface area contributed by atoms with Crippen LogP contribution < -0.4 is 0 Å². The molecule has 1 unspecified atom stereocenters. The van der Waals surface area contributed by atoms with Crippen molar-refractivity contribution in [1.29, 1.82) is 0 Å². The van der Waals surface area contributed by atoms with Crippen molar-refractivity contribution in [3.05, 3.63) is 12.7 Å². The fraction of sp³-hybridized carbons (Fsp3) is 0.556. The van der Waals surface area contributed by atoms with Gasteiger partial charge in [-0.05, 0) is 12.8 Å². The molecule has 0 aromatic rings. The van der Waals surface area contributed by atoms with Crippen molar-refractivity contribution in [2.24, 2.45) is 0 Å². The van der Waals surface area contributed by atoms with Crippen LogP contribution in [0, 0.1) is 0 Å². The van der Waals surface area contributed by atoms with Gasteiger partial charge in [-0.3, -0.25) is 14.2 Å². The lowest BCUT2D eigenvalue weighted by Gasteiger charge is -2.10. The van der Waals surface area contributed by atoms with Crippen LogP contribution in [0.25, 0.3) is 0 Å². The van der Waals surface area contributed by atoms with Gasteiger partial charge in [0.25, 0.3) is 0 Å². The number of hydrogen-bond donors (Lipinski definition) is 1. The maximum absolute atomic E-state index is 11.0. The van der Waals surface area contributed by atoms with Gasteiger partial charge in [-0.15, -0.1) is 0 Å². The number of esters is 1. The van der Waals surface area contributed by atoms with Crippen LogP contribution in [0.2, 0.25) is 0 Å². The average Bonchev–Trinajstić information content (AvgIpc) is 2.20. The minimum atomic E-state index is -4.30. The molecule has 0 aromatic heterocycles. The largest absolute Gasteiger partial charge is 0.529 e. The highest BCUT2D eigenvalue weighted by Crippen LogP contribution is 2.43. The highest BCUT2D eigenvalue weighted by molar-refractivity contribution is 7.48. The van der Waals surface area contributed by atoms with E-state index in [9.17, 15) is 14.2 Å². The molecule has 0 bridgehead atoms. The summed E-state index contributed by atoms with van der Waals surface area (Å²) in [6, 6.07) is 0. The first-order chi connectivity index (χ1) is 7.87. The molecule has 0 amide bonds. The van der Waals surface area contributed by atoms with Gasteiger partial charge in [0.1, 0.15) is 0 Å². The highest BCUT2D eigenvalue weighted by atomic mass is 31.2. The van der Waals surface area contributed by atoms with Gasteiger partial charge in [0.2, 0.25) is 0 Å². The molecule has 8 heteroatoms. The summed E-state index contributed by atoms with van der Waals surface area (Å²) in [7, 11) is -4.30. The number of carbonyl (C=O) groups is 2. The highest BCUT2D eigenvalue weighted by Gasteiger charge is 2.23. The summed E-state index contributed by atoms with van der Waals surface area (Å²) in [6.45, 7) is 4.31. The number of phosphoric acid groups is 1. The first-order valence-corrected chi connectivity index (χ1v) is 6.33. The SMILES string of the molecule is C=CC(=O)OCCCCOP(=O)(O)OC(C)=O. The molecule has 0 aliphatic rings. The molecule has 0 saturated heterocycles. The Bertz CT molecular complexity index is 325. The smallest absolute Gasteiger partial charge is 0.463 e. The first-order valence-electron chi connectivity index (χ1n) is 4.84. The topological polar surface area (TPSA) is 99.1 Å². The van der Waals surface area contributed by atoms with E-state index in [0.29, 0.717) is 12.8 Å². The van der Waals surface area contributed by atoms with Gasteiger partial charge < -0.3 is 9.26 Å². The van der Waals surface area contributed by atoms with Crippen molar-refractivity contribution in [3.63, 3.8) is 0 Å². The minimum Gasteiger partial charge on any atom is -0.463 e. The standard InChI is InChI=1S/C9H15O7P/c1-3-9(11)14-6-4-5-7-15-17(12,13)16-8(2)10/h3H,1,4-7H2,2H3,(H,12,13). The van der Waals surface area contributed by atoms with E-state index >= 15 is 0 Å². The quantitative estimate of drug-likeness (QED) is 0.304. The summed E-state index contributed by atoms with van der Waals surface area (Å²) in [4.78, 5) is 30.0. The van der Waals surface area contributed by atoms with Crippen LogP contribution in [0.1, 0.15) is 19.8 Å². The van der Waals surface area contributed by atoms with Gasteiger partial charge in [-0.1, -0.05) is 6.58 Å². The zero-order valence-electron chi connectivity index (χ0n) is 9.46. The molecule has 0 aliphatic carbocycles. The Morgan fingerprint density at radius 2 is 1.94 bits per heavy atom. The third-order valence-corrected chi connectivity index (χ3v) is 2.44. The van der Waals surface area contributed by atoms with Gasteiger partial charge in [0, 0.05) is 13.0 Å². The Morgan fingerprint density at radius 3 is 2.47 bits per heavy atom. The van der Waals surface area contributed by atoms with E-state index < -0.39 is 19.8 Å². The maximum atomic E-state index is 11.0. The van der Waals surface area contributed by atoms with Crippen LogP contribution in [0.15, 0.2) is 12.7 Å². The van der Waals surface area contributed by atoms with E-state index in [1.54, 1.807) is 0 Å². The first kappa shape index (κ1) is 15.8. The summed E-state index contributed by atoms with van der Waals surface area (Å²) >= 11 is 0. The lowest BCUT2D eigenvalue weighted by atomic mass is 10.3. The lowest BCUT2D eigenvalue weighted by molar-refractivity contribution is -0.138. The van der Waals surface area contributed by atoms with Crippen LogP contribution in [0.4, 0.5) is 0 Å². The zero-order chi connectivity index (χ0) is 13.3. The number of rotatable bonds is 8. The third-order valence-electron chi connectivity index (χ3n) is 1.45. The molecule has 0 rings (SSSR count). The Balaban J connectivity index is 3.57. The second-order valence-electron chi connectivity index (χ2n) is 2.96. The Kier molecular flexibility index (Phi) is 7.45. The summed E-state index contributed by atoms with van der Waals surface area (Å²) in [5.41, 5.74) is 0. The van der Waals surface area contributed by atoms with Gasteiger partial charge >= 0.3 is 19.8 Å². The normalized spacial score (nSPS) is 13.5. The second-order valence-corrected chi connectivity index (χ2v) is 4.34. The van der Waals surface area contributed by atoms with Crippen molar-refractivity contribution in [3.8, 4) is 0 Å². The molecule has 7 nitrogen and oxygen atoms in total. The molecule has 0 aliphatic heterocycles. The minimum absolute atomic E-state index is 0.0767. The van der Waals surface area contributed by atoms with Gasteiger partial charge in [0.05, 0.1) is 13.2 Å². The van der Waals surface area contributed by atoms with Crippen LogP contribution in [0.5, 0.6) is 0 Å². The van der Waals surface area contributed by atoms with Crippen LogP contribution in [-0.4, -0.2) is 30.0 Å². The molecule has 0 radical (unpaired) electrons. The fourth-order valence-corrected chi connectivity index (χ4v) is 1.54. The number of hydrogen-bond acceptors (Lipinski definition) is 6. The molecule has 0 aromatic carbocycles. The van der Waals surface area contributed by atoms with Gasteiger partial charge in [0.15, 0.2) is 0 Å². The van der Waals surface area contributed by atoms with Gasteiger partial charge in [-0.2, -0.15) is 0 Å². The summed E-state index contributed by atoms with van der Waals surface area (Å²) in [5, 5.41) is 0. The fourth-order valence-electron chi connectivity index (χ4n) is 0.805. The number of ether oxygens (including phenoxy) is 1. The second kappa shape index (κ2) is 8.00. The molecule has 1 atom stereocenters. The molecule has 17 heavy (non-hydrogen) atoms. The van der Waals surface area contributed by atoms with Crippen molar-refractivity contribution in [2.75, 3.05) is 13.2 Å². The van der Waals surface area contributed by atoms with Crippen molar-refractivity contribution < 1.29 is 32.8 Å². The third kappa shape index (κ3) is 9.74. The predicted octanol–water partition coefficient (Wildman–Crippen LogP) is 1.18. The summed E-state index contributed by atoms with van der Waals surface area (Å²) in [6.07, 6.45) is 1.88. The Hall–Kier alpha value is -1.17. The average molecular weight is 266 g/mol. The van der Waals surface area contributed by atoms with E-state index in [0.717, 1.165) is 13.0 Å². The maximum Gasteiger partial charge on any atom is 0.529 e. The molecular weight excluding hydrogens is 251 g/mol. The number of unbranched alkanes of at least 4 members (excludes halogenated alkanes) is 1. The lowest BCUT2D eigenvalue weighted by Crippen LogP contribution is -2.04. The van der Waals surface area contributed by atoms with E-state index in [2.05, 4.69) is 20.4 Å². The van der Waals surface area contributed by atoms with Crippen LogP contribution in [-0.2, 0) is 27.9 Å². The van der Waals surface area contributed by atoms with E-state index in [1.807, 2.05) is 0 Å². The zero-order valence-corrected chi connectivity index (χ0v) is 10.4. The van der Waals surface area contributed by atoms with E-state index in [-0.39, 0.29) is 13.2 Å². The number of phosphoric ester groups is 1. The number of carbonyl (C=O) groups excluding carboxylic acids is 2. The monoisotopic (exact) mass is 266 g/mol. The van der Waals surface area contributed by atoms with Crippen molar-refractivity contribution in [2.45, 2.75) is 19.8 Å². The summed E-state index contributed by atoms with van der Waals surface area (Å²) < 4.78 is 24.2. The van der Waals surface area contributed by atoms with Crippen LogP contribution >= 0.6 is 7.82 Å². The molecular formula is C9H15O7P. The molecule has 0 fully saturated rings. The Labute approximate surface area is 99.0 Å². The molecule has 1 N–H and O–H groups in total. The van der Waals surface area contributed by atoms with Crippen molar-refractivity contribution >= 4 is 19.8 Å². The van der Waals surface area contributed by atoms with Crippen LogP contribution in [0.3, 0.4) is 0 Å². The Morgan fingerprint density at radius 1 is 1.35 bits per heavy atom. The molecule has 0 heterocycles. The van der Waals surface area contributed by atoms with Gasteiger partial charge in [-0.25, -0.2) is 9.36 Å². The van der Waals surface area contributed by atoms with E-state index in [1.165, 1.54) is 0 Å². The molecule has 0 saturated carbocycles. The molecule has 98 valence electrons. The van der Waals surface area contributed by atoms with E-state index in [4.69, 9.17) is 4.89 Å². The molecule has 0 spiro atoms. The predicted molar refractivity (Wildman–Crippen MR) is 57.9 cm³/mol. The summed E-state index contributed by atoms with van der Waals surface area (Å²) in [5.74, 6) is -1.42. The van der Waals surface area contributed by atoms with Crippen molar-refractivity contribution in [1.82, 2.24) is 0 Å².